The van der Waals surface area contributed by atoms with Crippen LogP contribution < -0.4 is 5.32 Å². The van der Waals surface area contributed by atoms with Crippen LogP contribution >= 0.6 is 15.9 Å². The van der Waals surface area contributed by atoms with Gasteiger partial charge >= 0.3 is 0 Å². The van der Waals surface area contributed by atoms with Crippen molar-refractivity contribution in [2.75, 3.05) is 5.32 Å². The van der Waals surface area contributed by atoms with Gasteiger partial charge < -0.3 is 15.5 Å². The molecular formula is C13H12BrNO2. The maximum atomic E-state index is 9.36. The normalized spacial score (nSPS) is 10.2. The van der Waals surface area contributed by atoms with Gasteiger partial charge in [0.1, 0.15) is 0 Å². The molecule has 0 saturated heterocycles. The van der Waals surface area contributed by atoms with Gasteiger partial charge in [-0.1, -0.05) is 18.2 Å². The lowest BCUT2D eigenvalue weighted by Gasteiger charge is -2.09. The number of hydrogen-bond acceptors (Lipinski definition) is 3. The summed E-state index contributed by atoms with van der Waals surface area (Å²) in [6, 6.07) is 12.6. The number of nitrogens with one attached hydrogen (secondary N) is 1. The maximum absolute atomic E-state index is 9.36. The number of halogens is 1. The predicted octanol–water partition coefficient (Wildman–Crippen LogP) is 3.47. The molecule has 4 heteroatoms. The minimum absolute atomic E-state index is 0.101. The fourth-order valence-corrected chi connectivity index (χ4v) is 1.91. The molecule has 0 aliphatic rings. The summed E-state index contributed by atoms with van der Waals surface area (Å²) in [6.07, 6.45) is 0. The van der Waals surface area contributed by atoms with Crippen molar-refractivity contribution in [2.45, 2.75) is 6.54 Å². The Kier molecular flexibility index (Phi) is 3.54. The molecule has 0 radical (unpaired) electrons. The van der Waals surface area contributed by atoms with Crippen molar-refractivity contribution in [2.24, 2.45) is 0 Å². The Bertz CT molecular complexity index is 529. The molecule has 3 N–H and O–H groups in total. The van der Waals surface area contributed by atoms with Crippen LogP contribution in [0.15, 0.2) is 46.9 Å². The molecule has 0 unspecified atom stereocenters. The van der Waals surface area contributed by atoms with Crippen molar-refractivity contribution >= 4 is 21.6 Å². The molecule has 2 rings (SSSR count). The molecule has 2 aromatic carbocycles. The molecular weight excluding hydrogens is 282 g/mol. The summed E-state index contributed by atoms with van der Waals surface area (Å²) in [7, 11) is 0. The van der Waals surface area contributed by atoms with E-state index in [1.54, 1.807) is 12.1 Å². The van der Waals surface area contributed by atoms with Gasteiger partial charge in [-0.15, -0.1) is 0 Å². The number of anilines is 1. The molecule has 0 atom stereocenters. The minimum atomic E-state index is -0.102. The number of aromatic hydroxyl groups is 2. The van der Waals surface area contributed by atoms with Crippen LogP contribution in [0.1, 0.15) is 5.56 Å². The molecule has 0 amide bonds. The van der Waals surface area contributed by atoms with E-state index in [9.17, 15) is 10.2 Å². The van der Waals surface area contributed by atoms with E-state index in [4.69, 9.17) is 0 Å². The maximum Gasteiger partial charge on any atom is 0.157 e. The van der Waals surface area contributed by atoms with E-state index in [1.165, 1.54) is 6.07 Å². The van der Waals surface area contributed by atoms with E-state index >= 15 is 0 Å². The minimum Gasteiger partial charge on any atom is -0.504 e. The van der Waals surface area contributed by atoms with Crippen molar-refractivity contribution in [3.05, 3.63) is 52.5 Å². The number of phenolic OH excluding ortho intramolecular Hbond substituents is 2. The van der Waals surface area contributed by atoms with E-state index in [1.807, 2.05) is 24.3 Å². The zero-order valence-corrected chi connectivity index (χ0v) is 10.6. The monoisotopic (exact) mass is 293 g/mol. The first-order valence-corrected chi connectivity index (χ1v) is 5.95. The molecule has 3 nitrogen and oxygen atoms in total. The molecule has 88 valence electrons. The second kappa shape index (κ2) is 5.10. The molecule has 0 saturated carbocycles. The molecule has 0 spiro atoms. The Labute approximate surface area is 108 Å². The first-order chi connectivity index (χ1) is 8.16. The number of para-hydroxylation sites is 1. The van der Waals surface area contributed by atoms with Crippen molar-refractivity contribution in [3.63, 3.8) is 0 Å². The van der Waals surface area contributed by atoms with Gasteiger partial charge in [0, 0.05) is 16.7 Å². The molecule has 0 fully saturated rings. The molecule has 0 aromatic heterocycles. The summed E-state index contributed by atoms with van der Waals surface area (Å²) in [4.78, 5) is 0. The summed E-state index contributed by atoms with van der Waals surface area (Å²) in [5, 5.41) is 21.8. The van der Waals surface area contributed by atoms with Crippen LogP contribution in [0.2, 0.25) is 0 Å². The third kappa shape index (κ3) is 2.91. The third-order valence-electron chi connectivity index (χ3n) is 2.40. The lowest BCUT2D eigenvalue weighted by Crippen LogP contribution is -1.99. The third-order valence-corrected chi connectivity index (χ3v) is 3.09. The molecule has 0 heterocycles. The van der Waals surface area contributed by atoms with Crippen LogP contribution in [0, 0.1) is 0 Å². The standard InChI is InChI=1S/C13H12BrNO2/c14-10-3-1-2-4-11(10)15-8-9-5-6-12(16)13(17)7-9/h1-7,15-17H,8H2. The van der Waals surface area contributed by atoms with Gasteiger partial charge in [0.25, 0.3) is 0 Å². The summed E-state index contributed by atoms with van der Waals surface area (Å²) < 4.78 is 0.989. The highest BCUT2D eigenvalue weighted by Gasteiger charge is 2.01. The molecule has 0 aliphatic carbocycles. The van der Waals surface area contributed by atoms with Crippen LogP contribution in [-0.2, 0) is 6.54 Å². The highest BCUT2D eigenvalue weighted by molar-refractivity contribution is 9.10. The van der Waals surface area contributed by atoms with Crippen LogP contribution in [0.4, 0.5) is 5.69 Å². The molecule has 2 aromatic rings. The summed E-state index contributed by atoms with van der Waals surface area (Å²) in [6.45, 7) is 0.580. The molecule has 17 heavy (non-hydrogen) atoms. The van der Waals surface area contributed by atoms with E-state index in [-0.39, 0.29) is 11.5 Å². The van der Waals surface area contributed by atoms with E-state index in [0.717, 1.165) is 15.7 Å². The first-order valence-electron chi connectivity index (χ1n) is 5.16. The van der Waals surface area contributed by atoms with Gasteiger partial charge in [-0.3, -0.25) is 0 Å². The average molecular weight is 294 g/mol. The van der Waals surface area contributed by atoms with Gasteiger partial charge in [-0.2, -0.15) is 0 Å². The fourth-order valence-electron chi connectivity index (χ4n) is 1.48. The quantitative estimate of drug-likeness (QED) is 0.760. The number of phenols is 2. The zero-order valence-electron chi connectivity index (χ0n) is 9.02. The summed E-state index contributed by atoms with van der Waals surface area (Å²) in [5.41, 5.74) is 1.89. The first kappa shape index (κ1) is 11.8. The van der Waals surface area contributed by atoms with Crippen LogP contribution in [-0.4, -0.2) is 10.2 Å². The Hall–Kier alpha value is -1.68. The van der Waals surface area contributed by atoms with Gasteiger partial charge in [0.05, 0.1) is 0 Å². The highest BCUT2D eigenvalue weighted by Crippen LogP contribution is 2.26. The highest BCUT2D eigenvalue weighted by atomic mass is 79.9. The van der Waals surface area contributed by atoms with E-state index < -0.39 is 0 Å². The van der Waals surface area contributed by atoms with Crippen molar-refractivity contribution < 1.29 is 10.2 Å². The van der Waals surface area contributed by atoms with Crippen LogP contribution in [0.25, 0.3) is 0 Å². The van der Waals surface area contributed by atoms with Crippen LogP contribution in [0.3, 0.4) is 0 Å². The average Bonchev–Trinajstić information content (AvgIpc) is 2.32. The topological polar surface area (TPSA) is 52.5 Å². The Balaban J connectivity index is 2.08. The smallest absolute Gasteiger partial charge is 0.157 e. The Morgan fingerprint density at radius 1 is 1.00 bits per heavy atom. The van der Waals surface area contributed by atoms with Crippen LogP contribution in [0.5, 0.6) is 11.5 Å². The van der Waals surface area contributed by atoms with Crippen molar-refractivity contribution in [1.82, 2.24) is 0 Å². The number of rotatable bonds is 3. The lowest BCUT2D eigenvalue weighted by molar-refractivity contribution is 0.403. The van der Waals surface area contributed by atoms with Crippen molar-refractivity contribution in [3.8, 4) is 11.5 Å². The van der Waals surface area contributed by atoms with E-state index in [2.05, 4.69) is 21.2 Å². The largest absolute Gasteiger partial charge is 0.504 e. The summed E-state index contributed by atoms with van der Waals surface area (Å²) in [5.74, 6) is -0.203. The van der Waals surface area contributed by atoms with Gasteiger partial charge in [0.2, 0.25) is 0 Å². The number of benzene rings is 2. The number of hydrogen-bond donors (Lipinski definition) is 3. The Morgan fingerprint density at radius 2 is 1.76 bits per heavy atom. The predicted molar refractivity (Wildman–Crippen MR) is 71.2 cm³/mol. The lowest BCUT2D eigenvalue weighted by atomic mass is 10.2. The fraction of sp³-hybridized carbons (Fsp3) is 0.0769. The van der Waals surface area contributed by atoms with Gasteiger partial charge in [-0.05, 0) is 45.8 Å². The molecule has 0 aliphatic heterocycles. The van der Waals surface area contributed by atoms with Gasteiger partial charge in [0.15, 0.2) is 11.5 Å². The van der Waals surface area contributed by atoms with E-state index in [0.29, 0.717) is 6.54 Å². The second-order valence-electron chi connectivity index (χ2n) is 3.66. The second-order valence-corrected chi connectivity index (χ2v) is 4.51. The zero-order chi connectivity index (χ0) is 12.3. The Morgan fingerprint density at radius 3 is 2.47 bits per heavy atom. The van der Waals surface area contributed by atoms with Crippen molar-refractivity contribution in [1.29, 1.82) is 0 Å². The van der Waals surface area contributed by atoms with Gasteiger partial charge in [-0.25, -0.2) is 0 Å². The molecule has 0 bridgehead atoms. The summed E-state index contributed by atoms with van der Waals surface area (Å²) >= 11 is 3.44. The SMILES string of the molecule is Oc1ccc(CNc2ccccc2Br)cc1O.